The minimum absolute atomic E-state index is 0.0738. The van der Waals surface area contributed by atoms with Crippen LogP contribution >= 0.6 is 0 Å². The quantitative estimate of drug-likeness (QED) is 0.771. The number of benzene rings is 1. The van der Waals surface area contributed by atoms with E-state index in [-0.39, 0.29) is 18.0 Å². The Morgan fingerprint density at radius 3 is 2.67 bits per heavy atom. The van der Waals surface area contributed by atoms with Crippen molar-refractivity contribution >= 4 is 17.1 Å². The van der Waals surface area contributed by atoms with Crippen molar-refractivity contribution in [1.29, 1.82) is 0 Å². The van der Waals surface area contributed by atoms with Crippen molar-refractivity contribution in [2.45, 2.75) is 19.9 Å². The lowest BCUT2D eigenvalue weighted by molar-refractivity contribution is -0.121. The van der Waals surface area contributed by atoms with Gasteiger partial charge in [-0.15, -0.1) is 0 Å². The molecular weight excluding hydrogens is 304 g/mol. The van der Waals surface area contributed by atoms with Crippen molar-refractivity contribution in [2.75, 3.05) is 6.54 Å². The van der Waals surface area contributed by atoms with Crippen molar-refractivity contribution in [3.05, 3.63) is 64.2 Å². The molecule has 0 bridgehead atoms. The van der Waals surface area contributed by atoms with Crippen LogP contribution in [0.3, 0.4) is 0 Å². The van der Waals surface area contributed by atoms with Crippen molar-refractivity contribution in [1.82, 2.24) is 19.4 Å². The van der Waals surface area contributed by atoms with Crippen molar-refractivity contribution < 1.29 is 4.79 Å². The smallest absolute Gasteiger partial charge is 0.252 e. The zero-order valence-corrected chi connectivity index (χ0v) is 13.8. The summed E-state index contributed by atoms with van der Waals surface area (Å²) in [5, 5.41) is 2.92. The van der Waals surface area contributed by atoms with Gasteiger partial charge in [0.15, 0.2) is 5.65 Å². The van der Waals surface area contributed by atoms with Gasteiger partial charge in [0.1, 0.15) is 6.54 Å². The number of carbonyl (C=O) groups is 1. The molecule has 1 aromatic carbocycles. The van der Waals surface area contributed by atoms with Crippen LogP contribution in [0, 0.1) is 6.92 Å². The van der Waals surface area contributed by atoms with Crippen LogP contribution in [0.25, 0.3) is 11.2 Å². The molecule has 2 heterocycles. The van der Waals surface area contributed by atoms with Crippen LogP contribution in [-0.2, 0) is 24.8 Å². The van der Waals surface area contributed by atoms with Gasteiger partial charge in [0, 0.05) is 19.7 Å². The summed E-state index contributed by atoms with van der Waals surface area (Å²) in [5.41, 5.74) is 3.66. The maximum atomic E-state index is 12.1. The number of carbonyl (C=O) groups excluding carboxylic acids is 1. The van der Waals surface area contributed by atoms with Crippen LogP contribution in [-0.4, -0.2) is 26.6 Å². The fourth-order valence-corrected chi connectivity index (χ4v) is 2.61. The second kappa shape index (κ2) is 6.70. The molecule has 3 aromatic rings. The summed E-state index contributed by atoms with van der Waals surface area (Å²) < 4.78 is 3.22. The Bertz CT molecular complexity index is 922. The predicted molar refractivity (Wildman–Crippen MR) is 92.9 cm³/mol. The van der Waals surface area contributed by atoms with E-state index in [0.717, 1.165) is 11.9 Å². The Morgan fingerprint density at radius 2 is 1.92 bits per heavy atom. The monoisotopic (exact) mass is 324 g/mol. The van der Waals surface area contributed by atoms with Crippen molar-refractivity contribution in [3.8, 4) is 0 Å². The Hall–Kier alpha value is -2.89. The number of amides is 1. The molecule has 0 aliphatic heterocycles. The highest BCUT2D eigenvalue weighted by atomic mass is 16.2. The molecule has 0 atom stereocenters. The number of aryl methyl sites for hydroxylation is 2. The Morgan fingerprint density at radius 1 is 1.17 bits per heavy atom. The fourth-order valence-electron chi connectivity index (χ4n) is 2.61. The molecule has 0 unspecified atom stereocenters. The molecule has 1 N–H and O–H groups in total. The highest BCUT2D eigenvalue weighted by Crippen LogP contribution is 2.09. The van der Waals surface area contributed by atoms with Gasteiger partial charge in [-0.25, -0.2) is 4.98 Å². The first-order chi connectivity index (χ1) is 11.5. The van der Waals surface area contributed by atoms with Crippen LogP contribution < -0.4 is 10.9 Å². The van der Waals surface area contributed by atoms with E-state index in [4.69, 9.17) is 0 Å². The van der Waals surface area contributed by atoms with E-state index in [1.54, 1.807) is 24.0 Å². The Labute approximate surface area is 139 Å². The average Bonchev–Trinajstić information content (AvgIpc) is 2.96. The number of aromatic nitrogens is 3. The number of hydrogen-bond donors (Lipinski definition) is 1. The molecule has 0 radical (unpaired) electrons. The van der Waals surface area contributed by atoms with E-state index < -0.39 is 0 Å². The predicted octanol–water partition coefficient (Wildman–Crippen LogP) is 1.40. The number of nitrogens with one attached hydrogen (secondary N) is 1. The van der Waals surface area contributed by atoms with Crippen molar-refractivity contribution in [3.63, 3.8) is 0 Å². The molecule has 0 saturated carbocycles. The highest BCUT2D eigenvalue weighted by molar-refractivity contribution is 5.79. The second-order valence-electron chi connectivity index (χ2n) is 5.90. The van der Waals surface area contributed by atoms with Gasteiger partial charge in [0.2, 0.25) is 5.91 Å². The summed E-state index contributed by atoms with van der Waals surface area (Å²) in [6.07, 6.45) is 2.38. The first-order valence-corrected chi connectivity index (χ1v) is 7.88. The SMILES string of the molecule is Cc1ccc(CCNC(=O)Cn2cnc3c2ccc(=O)n3C)cc1. The van der Waals surface area contributed by atoms with E-state index in [0.29, 0.717) is 12.2 Å². The van der Waals surface area contributed by atoms with E-state index >= 15 is 0 Å². The fraction of sp³-hybridized carbons (Fsp3) is 0.278. The zero-order valence-electron chi connectivity index (χ0n) is 13.8. The maximum Gasteiger partial charge on any atom is 0.252 e. The summed E-state index contributed by atoms with van der Waals surface area (Å²) in [7, 11) is 1.67. The number of hydrogen-bond acceptors (Lipinski definition) is 3. The summed E-state index contributed by atoms with van der Waals surface area (Å²) >= 11 is 0. The zero-order chi connectivity index (χ0) is 17.1. The molecule has 2 aromatic heterocycles. The third-order valence-electron chi connectivity index (χ3n) is 4.06. The van der Waals surface area contributed by atoms with Gasteiger partial charge in [-0.1, -0.05) is 29.8 Å². The third kappa shape index (κ3) is 3.37. The highest BCUT2D eigenvalue weighted by Gasteiger charge is 2.09. The molecule has 0 saturated heterocycles. The third-order valence-corrected chi connectivity index (χ3v) is 4.06. The number of rotatable bonds is 5. The minimum atomic E-state index is -0.115. The lowest BCUT2D eigenvalue weighted by atomic mass is 10.1. The van der Waals surface area contributed by atoms with Crippen LogP contribution in [0.5, 0.6) is 0 Å². The van der Waals surface area contributed by atoms with Gasteiger partial charge in [-0.2, -0.15) is 0 Å². The molecule has 0 spiro atoms. The molecule has 0 fully saturated rings. The van der Waals surface area contributed by atoms with Crippen LogP contribution in [0.1, 0.15) is 11.1 Å². The van der Waals surface area contributed by atoms with E-state index in [9.17, 15) is 9.59 Å². The topological polar surface area (TPSA) is 68.9 Å². The lowest BCUT2D eigenvalue weighted by Gasteiger charge is -2.07. The van der Waals surface area contributed by atoms with E-state index in [2.05, 4.69) is 41.5 Å². The average molecular weight is 324 g/mol. The summed E-state index contributed by atoms with van der Waals surface area (Å²) in [4.78, 5) is 27.9. The molecule has 24 heavy (non-hydrogen) atoms. The molecule has 3 rings (SSSR count). The van der Waals surface area contributed by atoms with Gasteiger partial charge < -0.3 is 9.88 Å². The van der Waals surface area contributed by atoms with Gasteiger partial charge >= 0.3 is 0 Å². The normalized spacial score (nSPS) is 10.9. The molecule has 0 aliphatic rings. The first-order valence-electron chi connectivity index (χ1n) is 7.88. The molecule has 1 amide bonds. The molecule has 6 nitrogen and oxygen atoms in total. The van der Waals surface area contributed by atoms with Crippen LogP contribution in [0.2, 0.25) is 0 Å². The summed E-state index contributed by atoms with van der Waals surface area (Å²) in [6.45, 7) is 2.83. The summed E-state index contributed by atoms with van der Waals surface area (Å²) in [6, 6.07) is 11.5. The number of pyridine rings is 1. The van der Waals surface area contributed by atoms with Crippen LogP contribution in [0.15, 0.2) is 47.5 Å². The molecule has 0 aliphatic carbocycles. The number of imidazole rings is 1. The maximum absolute atomic E-state index is 12.1. The van der Waals surface area contributed by atoms with Crippen molar-refractivity contribution in [2.24, 2.45) is 7.05 Å². The Kier molecular flexibility index (Phi) is 4.46. The van der Waals surface area contributed by atoms with E-state index in [1.807, 2.05) is 0 Å². The van der Waals surface area contributed by atoms with Crippen LogP contribution in [0.4, 0.5) is 0 Å². The summed E-state index contributed by atoms with van der Waals surface area (Å²) in [5.74, 6) is -0.0738. The first kappa shape index (κ1) is 16.0. The van der Waals surface area contributed by atoms with Gasteiger partial charge in [-0.05, 0) is 25.0 Å². The Balaban J connectivity index is 1.60. The number of nitrogens with zero attached hydrogens (tertiary/aromatic N) is 3. The molecule has 6 heteroatoms. The number of fused-ring (bicyclic) bond motifs is 1. The van der Waals surface area contributed by atoms with Gasteiger partial charge in [-0.3, -0.25) is 14.2 Å². The molecule has 124 valence electrons. The van der Waals surface area contributed by atoms with Gasteiger partial charge in [0.25, 0.3) is 5.56 Å². The lowest BCUT2D eigenvalue weighted by Crippen LogP contribution is -2.29. The molecular formula is C18H20N4O2. The largest absolute Gasteiger partial charge is 0.354 e. The standard InChI is InChI=1S/C18H20N4O2/c1-13-3-5-14(6-4-13)9-10-19-16(23)11-22-12-20-18-15(22)7-8-17(24)21(18)2/h3-8,12H,9-11H2,1-2H3,(H,19,23). The second-order valence-corrected chi connectivity index (χ2v) is 5.90. The van der Waals surface area contributed by atoms with Gasteiger partial charge in [0.05, 0.1) is 11.8 Å². The minimum Gasteiger partial charge on any atom is -0.354 e. The van der Waals surface area contributed by atoms with E-state index in [1.165, 1.54) is 21.8 Å².